The summed E-state index contributed by atoms with van der Waals surface area (Å²) in [7, 11) is 0. The number of thioether (sulfide) groups is 1. The molecule has 0 atom stereocenters. The zero-order valence-electron chi connectivity index (χ0n) is 11.3. The second-order valence-electron chi connectivity index (χ2n) is 4.90. The van der Waals surface area contributed by atoms with Gasteiger partial charge in [-0.05, 0) is 26.0 Å². The van der Waals surface area contributed by atoms with E-state index >= 15 is 0 Å². The molecule has 0 aliphatic carbocycles. The van der Waals surface area contributed by atoms with Gasteiger partial charge in [-0.1, -0.05) is 23.9 Å². The van der Waals surface area contributed by atoms with Gasteiger partial charge in [-0.25, -0.2) is 0 Å². The van der Waals surface area contributed by atoms with Crippen molar-refractivity contribution >= 4 is 56.5 Å². The number of fused-ring (bicyclic) bond motifs is 2. The monoisotopic (exact) mass is 322 g/mol. The van der Waals surface area contributed by atoms with E-state index in [4.69, 9.17) is 0 Å². The first-order valence-corrected chi connectivity index (χ1v) is 8.07. The van der Waals surface area contributed by atoms with E-state index in [1.165, 1.54) is 36.3 Å². The number of halogens is 1. The number of benzene rings is 1. The van der Waals surface area contributed by atoms with Crippen LogP contribution in [-0.2, 0) is 0 Å². The summed E-state index contributed by atoms with van der Waals surface area (Å²) in [4.78, 5) is 9.70. The molecule has 0 radical (unpaired) electrons. The van der Waals surface area contributed by atoms with Crippen LogP contribution >= 0.6 is 35.5 Å². The van der Waals surface area contributed by atoms with Crippen molar-refractivity contribution in [2.24, 2.45) is 4.99 Å². The van der Waals surface area contributed by atoms with Gasteiger partial charge >= 0.3 is 0 Å². The van der Waals surface area contributed by atoms with Crippen LogP contribution in [0.25, 0.3) is 15.8 Å². The van der Waals surface area contributed by atoms with Gasteiger partial charge in [0.15, 0.2) is 5.17 Å². The smallest absolute Gasteiger partial charge is 0.168 e. The lowest BCUT2D eigenvalue weighted by molar-refractivity contribution is 0.648. The highest BCUT2D eigenvalue weighted by Gasteiger charge is 2.31. The van der Waals surface area contributed by atoms with Crippen LogP contribution in [0.1, 0.15) is 17.4 Å². The highest BCUT2D eigenvalue weighted by atomic mass is 35.5. The summed E-state index contributed by atoms with van der Waals surface area (Å²) in [5.41, 5.74) is 2.73. The molecular formula is C15H15ClN2S2. The molecule has 0 spiro atoms. The summed E-state index contributed by atoms with van der Waals surface area (Å²) in [6.07, 6.45) is 0. The van der Waals surface area contributed by atoms with Crippen LogP contribution in [0.5, 0.6) is 0 Å². The molecule has 0 saturated carbocycles. The SMILES string of the molecule is CC1=C(c2cccc3sc(C)cc23)N2CCN=C2S1.Cl. The predicted molar refractivity (Wildman–Crippen MR) is 93.0 cm³/mol. The van der Waals surface area contributed by atoms with Crippen molar-refractivity contribution in [2.45, 2.75) is 13.8 Å². The molecule has 0 fully saturated rings. The van der Waals surface area contributed by atoms with Crippen molar-refractivity contribution in [3.63, 3.8) is 0 Å². The minimum atomic E-state index is 0. The summed E-state index contributed by atoms with van der Waals surface area (Å²) in [5.74, 6) is 0. The van der Waals surface area contributed by atoms with E-state index in [1.54, 1.807) is 0 Å². The lowest BCUT2D eigenvalue weighted by atomic mass is 10.1. The number of amidine groups is 1. The molecule has 2 aromatic rings. The molecule has 0 N–H and O–H groups in total. The second-order valence-corrected chi connectivity index (χ2v) is 7.37. The average molecular weight is 323 g/mol. The maximum absolute atomic E-state index is 4.58. The van der Waals surface area contributed by atoms with Crippen molar-refractivity contribution in [3.8, 4) is 0 Å². The largest absolute Gasteiger partial charge is 0.318 e. The Kier molecular flexibility index (Phi) is 3.56. The molecule has 20 heavy (non-hydrogen) atoms. The lowest BCUT2D eigenvalue weighted by Crippen LogP contribution is -2.20. The van der Waals surface area contributed by atoms with Crippen LogP contribution in [0.15, 0.2) is 34.2 Å². The normalized spacial score (nSPS) is 17.5. The molecule has 2 aliphatic heterocycles. The number of hydrogen-bond donors (Lipinski definition) is 0. The van der Waals surface area contributed by atoms with Crippen molar-refractivity contribution < 1.29 is 0 Å². The number of rotatable bonds is 1. The second kappa shape index (κ2) is 5.10. The van der Waals surface area contributed by atoms with Crippen molar-refractivity contribution in [1.82, 2.24) is 4.90 Å². The summed E-state index contributed by atoms with van der Waals surface area (Å²) in [6.45, 7) is 6.34. The highest BCUT2D eigenvalue weighted by molar-refractivity contribution is 8.17. The first kappa shape index (κ1) is 14.0. The Balaban J connectivity index is 0.00000121. The van der Waals surface area contributed by atoms with Crippen LogP contribution in [0.2, 0.25) is 0 Å². The topological polar surface area (TPSA) is 15.6 Å². The van der Waals surface area contributed by atoms with Gasteiger partial charge in [-0.3, -0.25) is 4.99 Å². The average Bonchev–Trinajstić information content (AvgIpc) is 3.01. The minimum absolute atomic E-state index is 0. The van der Waals surface area contributed by atoms with Gasteiger partial charge < -0.3 is 4.90 Å². The molecule has 4 rings (SSSR count). The summed E-state index contributed by atoms with van der Waals surface area (Å²) >= 11 is 3.69. The van der Waals surface area contributed by atoms with E-state index in [2.05, 4.69) is 48.0 Å². The predicted octanol–water partition coefficient (Wildman–Crippen LogP) is 4.74. The van der Waals surface area contributed by atoms with E-state index < -0.39 is 0 Å². The molecule has 2 aliphatic rings. The van der Waals surface area contributed by atoms with Gasteiger partial charge in [0.1, 0.15) is 0 Å². The Hall–Kier alpha value is -0.970. The van der Waals surface area contributed by atoms with Gasteiger partial charge in [-0.15, -0.1) is 23.7 Å². The van der Waals surface area contributed by atoms with Gasteiger partial charge in [0.2, 0.25) is 0 Å². The summed E-state index contributed by atoms with van der Waals surface area (Å²) in [5, 5.41) is 2.56. The van der Waals surface area contributed by atoms with E-state index in [-0.39, 0.29) is 12.4 Å². The van der Waals surface area contributed by atoms with Crippen LogP contribution in [0.3, 0.4) is 0 Å². The minimum Gasteiger partial charge on any atom is -0.318 e. The van der Waals surface area contributed by atoms with Crippen molar-refractivity contribution in [1.29, 1.82) is 0 Å². The van der Waals surface area contributed by atoms with Crippen LogP contribution in [0.4, 0.5) is 0 Å². The van der Waals surface area contributed by atoms with Gasteiger partial charge in [0.25, 0.3) is 0 Å². The van der Waals surface area contributed by atoms with E-state index in [0.29, 0.717) is 0 Å². The third-order valence-corrected chi connectivity index (χ3v) is 5.64. The van der Waals surface area contributed by atoms with Crippen LogP contribution in [0, 0.1) is 6.92 Å². The first-order valence-electron chi connectivity index (χ1n) is 6.44. The molecule has 3 heterocycles. The number of hydrogen-bond acceptors (Lipinski definition) is 4. The lowest BCUT2D eigenvalue weighted by Gasteiger charge is -2.17. The number of allylic oxidation sites excluding steroid dienone is 1. The fourth-order valence-corrected chi connectivity index (χ4v) is 4.81. The first-order chi connectivity index (χ1) is 9.24. The zero-order valence-corrected chi connectivity index (χ0v) is 13.8. The number of thiophene rings is 1. The van der Waals surface area contributed by atoms with E-state index in [0.717, 1.165) is 13.1 Å². The third-order valence-electron chi connectivity index (χ3n) is 3.59. The van der Waals surface area contributed by atoms with Gasteiger partial charge in [0.05, 0.1) is 12.2 Å². The molecule has 2 nitrogen and oxygen atoms in total. The number of aryl methyl sites for hydroxylation is 1. The van der Waals surface area contributed by atoms with Gasteiger partial charge in [0, 0.05) is 32.0 Å². The fourth-order valence-electron chi connectivity index (χ4n) is 2.83. The van der Waals surface area contributed by atoms with Gasteiger partial charge in [-0.2, -0.15) is 0 Å². The Morgan fingerprint density at radius 2 is 2.10 bits per heavy atom. The fraction of sp³-hybridized carbons (Fsp3) is 0.267. The van der Waals surface area contributed by atoms with Crippen LogP contribution in [-0.4, -0.2) is 23.2 Å². The van der Waals surface area contributed by atoms with Crippen LogP contribution < -0.4 is 0 Å². The molecule has 1 aromatic carbocycles. The van der Waals surface area contributed by atoms with E-state index in [1.807, 2.05) is 23.1 Å². The van der Waals surface area contributed by atoms with Crippen molar-refractivity contribution in [2.75, 3.05) is 13.1 Å². The summed E-state index contributed by atoms with van der Waals surface area (Å²) in [6, 6.07) is 8.94. The quantitative estimate of drug-likeness (QED) is 0.753. The Morgan fingerprint density at radius 1 is 1.25 bits per heavy atom. The number of aliphatic imine (C=N–C) groups is 1. The maximum atomic E-state index is 4.58. The van der Waals surface area contributed by atoms with E-state index in [9.17, 15) is 0 Å². The maximum Gasteiger partial charge on any atom is 0.168 e. The third kappa shape index (κ3) is 1.98. The Labute approximate surface area is 133 Å². The van der Waals surface area contributed by atoms with Crippen molar-refractivity contribution in [3.05, 3.63) is 39.6 Å². The molecule has 0 amide bonds. The Bertz CT molecular complexity index is 745. The molecule has 0 bridgehead atoms. The zero-order chi connectivity index (χ0) is 13.0. The molecule has 5 heteroatoms. The standard InChI is InChI=1S/C15H14N2S2.ClH/c1-9-8-12-11(4-3-5-13(12)18-9)14-10(2)19-15-16-6-7-17(14)15;/h3-5,8H,6-7H2,1-2H3;1H. The Morgan fingerprint density at radius 3 is 2.95 bits per heavy atom. The molecular weight excluding hydrogens is 308 g/mol. The molecule has 0 saturated heterocycles. The summed E-state index contributed by atoms with van der Waals surface area (Å²) < 4.78 is 1.38. The number of nitrogens with zero attached hydrogens (tertiary/aromatic N) is 2. The molecule has 104 valence electrons. The molecule has 1 aromatic heterocycles. The molecule has 0 unspecified atom stereocenters. The highest BCUT2D eigenvalue weighted by Crippen LogP contribution is 2.43.